The largest absolute Gasteiger partial charge is 0.497 e. The number of imide groups is 1. The number of nitrogens with zero attached hydrogens (tertiary/aromatic N) is 5. The van der Waals surface area contributed by atoms with Gasteiger partial charge in [0.1, 0.15) is 18.0 Å². The molecule has 0 radical (unpaired) electrons. The molecule has 18 heteroatoms. The summed E-state index contributed by atoms with van der Waals surface area (Å²) in [6, 6.07) is 20.5. The summed E-state index contributed by atoms with van der Waals surface area (Å²) in [4.78, 5) is 104. The Balaban J connectivity index is 0.760. The Morgan fingerprint density at radius 3 is 1.80 bits per heavy atom. The molecule has 2 N–H and O–H groups in total. The van der Waals surface area contributed by atoms with E-state index >= 15 is 0 Å². The van der Waals surface area contributed by atoms with Crippen molar-refractivity contribution in [3.8, 4) is 23.0 Å². The van der Waals surface area contributed by atoms with Gasteiger partial charge in [0.05, 0.1) is 68.1 Å². The van der Waals surface area contributed by atoms with Gasteiger partial charge in [0.25, 0.3) is 23.6 Å². The Bertz CT molecular complexity index is 3120. The fraction of sp³-hybridized carbons (Fsp3) is 0.316. The lowest BCUT2D eigenvalue weighted by molar-refractivity contribution is -0.141. The molecule has 386 valence electrons. The van der Waals surface area contributed by atoms with Gasteiger partial charge in [-0.2, -0.15) is 0 Å². The fourth-order valence-electron chi connectivity index (χ4n) is 9.51. The van der Waals surface area contributed by atoms with E-state index in [-0.39, 0.29) is 54.5 Å². The number of benzene rings is 4. The fourth-order valence-corrected chi connectivity index (χ4v) is 9.51. The number of hydrogen-bond acceptors (Lipinski definition) is 13. The number of methoxy groups -OCH3 is 2. The maximum atomic E-state index is 14.1. The minimum absolute atomic E-state index is 0.117. The standard InChI is InChI=1S/C57H57N7O11/c1-32(2)54(61-51(66)31-64-52(67)16-17-53(64)68)47(65)21-34(4)55(69)60-39-12-8-35(9-13-39)37-22-41-28-59-46-26-50(49(73-6)24-44(46)57(71)63(41)29-37)75-19-7-18-74-48-25-45-43(20-33(48)3)56(70)62-30-38(23-40(62)27-58-45)36-10-14-42(72-5)15-11-36/h8-17,20,24-30,32,34,40-41,54H,7,18-19,21-23,31H2,1-6H3,(H,60,69)(H,61,66). The van der Waals surface area contributed by atoms with Gasteiger partial charge in [-0.25, -0.2) is 0 Å². The lowest BCUT2D eigenvalue weighted by atomic mass is 9.92. The molecule has 6 amide bonds. The van der Waals surface area contributed by atoms with Crippen molar-refractivity contribution >= 4 is 81.9 Å². The van der Waals surface area contributed by atoms with E-state index in [0.29, 0.717) is 71.3 Å². The van der Waals surface area contributed by atoms with Crippen molar-refractivity contribution in [1.29, 1.82) is 0 Å². The predicted molar refractivity (Wildman–Crippen MR) is 281 cm³/mol. The number of nitrogens with one attached hydrogen (secondary N) is 2. The van der Waals surface area contributed by atoms with Crippen LogP contribution >= 0.6 is 0 Å². The molecular weight excluding hydrogens is 959 g/mol. The van der Waals surface area contributed by atoms with Crippen molar-refractivity contribution < 1.29 is 52.5 Å². The SMILES string of the molecule is COc1ccc(C2=CN3C(=O)c4cc(C)c(OCCCOc5cc6c(cc5OC)C(=O)N5C=C(c7ccc(NC(=O)C(C)CC(=O)C(NC(=O)CN8C(=O)C=CC8=O)C(C)C)cc7)CC5C=N6)cc4N=CC3C2)cc1. The summed E-state index contributed by atoms with van der Waals surface area (Å²) in [5.74, 6) is -1.82. The van der Waals surface area contributed by atoms with E-state index in [0.717, 1.165) is 50.6 Å². The van der Waals surface area contributed by atoms with E-state index in [2.05, 4.69) is 10.6 Å². The van der Waals surface area contributed by atoms with Gasteiger partial charge in [0.2, 0.25) is 11.8 Å². The van der Waals surface area contributed by atoms with Gasteiger partial charge < -0.3 is 39.4 Å². The molecule has 5 aliphatic heterocycles. The number of Topliss-reactive ketones (excluding diaryl/α,β-unsaturated/α-hetero) is 1. The Labute approximate surface area is 433 Å². The molecule has 5 heterocycles. The minimum Gasteiger partial charge on any atom is -0.497 e. The summed E-state index contributed by atoms with van der Waals surface area (Å²) in [7, 11) is 3.14. The van der Waals surface area contributed by atoms with Gasteiger partial charge >= 0.3 is 0 Å². The molecule has 75 heavy (non-hydrogen) atoms. The Hall–Kier alpha value is -8.67. The van der Waals surface area contributed by atoms with E-state index in [9.17, 15) is 33.6 Å². The highest BCUT2D eigenvalue weighted by Crippen LogP contribution is 2.41. The normalized spacial score (nSPS) is 18.1. The van der Waals surface area contributed by atoms with E-state index in [1.165, 1.54) is 7.11 Å². The number of aliphatic imine (C=N–C) groups is 2. The lowest BCUT2D eigenvalue weighted by Crippen LogP contribution is -2.49. The molecule has 18 nitrogen and oxygen atoms in total. The maximum Gasteiger partial charge on any atom is 0.260 e. The topological polar surface area (TPSA) is 215 Å². The number of ether oxygens (including phenoxy) is 4. The van der Waals surface area contributed by atoms with Crippen LogP contribution in [0.1, 0.15) is 83.9 Å². The summed E-state index contributed by atoms with van der Waals surface area (Å²) >= 11 is 0. The highest BCUT2D eigenvalue weighted by atomic mass is 16.5. The van der Waals surface area contributed by atoms with Crippen LogP contribution in [-0.2, 0) is 24.0 Å². The highest BCUT2D eigenvalue weighted by molar-refractivity contribution is 6.14. The molecule has 4 aromatic carbocycles. The Morgan fingerprint density at radius 1 is 0.693 bits per heavy atom. The number of fused-ring (bicyclic) bond motifs is 4. The molecule has 0 bridgehead atoms. The second-order valence-electron chi connectivity index (χ2n) is 19.3. The lowest BCUT2D eigenvalue weighted by Gasteiger charge is -2.24. The van der Waals surface area contributed by atoms with Gasteiger partial charge in [0.15, 0.2) is 17.3 Å². The van der Waals surface area contributed by atoms with Crippen molar-refractivity contribution in [3.05, 3.63) is 125 Å². The van der Waals surface area contributed by atoms with Crippen LogP contribution in [0.2, 0.25) is 0 Å². The molecule has 9 rings (SSSR count). The number of hydrogen-bond donors (Lipinski definition) is 2. The zero-order valence-corrected chi connectivity index (χ0v) is 42.5. The Kier molecular flexibility index (Phi) is 14.9. The number of carbonyl (C=O) groups excluding carboxylic acids is 7. The van der Waals surface area contributed by atoms with Gasteiger partial charge in [-0.05, 0) is 77.1 Å². The average Bonchev–Trinajstić information content (AvgIpc) is 4.09. The van der Waals surface area contributed by atoms with Gasteiger partial charge in [-0.15, -0.1) is 0 Å². The van der Waals surface area contributed by atoms with Crippen LogP contribution in [0.5, 0.6) is 23.0 Å². The molecule has 4 aromatic rings. The van der Waals surface area contributed by atoms with Gasteiger partial charge in [-0.3, -0.25) is 48.4 Å². The van der Waals surface area contributed by atoms with E-state index in [4.69, 9.17) is 28.9 Å². The highest BCUT2D eigenvalue weighted by Gasteiger charge is 2.36. The monoisotopic (exact) mass is 1020 g/mol. The molecule has 5 aliphatic rings. The molecule has 0 spiro atoms. The molecule has 0 aromatic heterocycles. The van der Waals surface area contributed by atoms with Crippen molar-refractivity contribution in [2.75, 3.05) is 39.3 Å². The summed E-state index contributed by atoms with van der Waals surface area (Å²) in [5, 5.41) is 5.48. The third kappa shape index (κ3) is 11.0. The van der Waals surface area contributed by atoms with Crippen molar-refractivity contribution in [1.82, 2.24) is 20.0 Å². The first-order chi connectivity index (χ1) is 36.1. The molecular formula is C57H57N7O11. The van der Waals surface area contributed by atoms with Crippen LogP contribution in [0.4, 0.5) is 17.1 Å². The molecule has 0 aliphatic carbocycles. The van der Waals surface area contributed by atoms with Crippen molar-refractivity contribution in [2.24, 2.45) is 21.8 Å². The molecule has 0 fully saturated rings. The average molecular weight is 1020 g/mol. The predicted octanol–water partition coefficient (Wildman–Crippen LogP) is 7.40. The molecule has 4 unspecified atom stereocenters. The third-order valence-electron chi connectivity index (χ3n) is 13.7. The molecule has 0 saturated carbocycles. The second-order valence-corrected chi connectivity index (χ2v) is 19.3. The van der Waals surface area contributed by atoms with Crippen LogP contribution in [0.25, 0.3) is 11.1 Å². The van der Waals surface area contributed by atoms with Crippen LogP contribution in [0.3, 0.4) is 0 Å². The van der Waals surface area contributed by atoms with Crippen molar-refractivity contribution in [3.63, 3.8) is 0 Å². The summed E-state index contributed by atoms with van der Waals surface area (Å²) in [6.45, 7) is 7.13. The number of rotatable bonds is 19. The number of carbonyl (C=O) groups is 7. The van der Waals surface area contributed by atoms with Crippen LogP contribution < -0.4 is 29.6 Å². The zero-order valence-electron chi connectivity index (χ0n) is 42.5. The molecule has 0 saturated heterocycles. The zero-order chi connectivity index (χ0) is 53.1. The Morgan fingerprint density at radius 2 is 1.24 bits per heavy atom. The first-order valence-electron chi connectivity index (χ1n) is 24.8. The third-order valence-corrected chi connectivity index (χ3v) is 13.7. The quantitative estimate of drug-likeness (QED) is 0.0697. The smallest absolute Gasteiger partial charge is 0.260 e. The summed E-state index contributed by atoms with van der Waals surface area (Å²) < 4.78 is 23.3. The number of ketones is 1. The van der Waals surface area contributed by atoms with Crippen LogP contribution in [0, 0.1) is 18.8 Å². The number of amides is 6. The second kappa shape index (κ2) is 21.8. The van der Waals surface area contributed by atoms with Gasteiger partial charge in [0, 0.05) is 86.4 Å². The number of anilines is 1. The van der Waals surface area contributed by atoms with Crippen LogP contribution in [-0.4, -0.2) is 120 Å². The summed E-state index contributed by atoms with van der Waals surface area (Å²) in [5.41, 5.74) is 7.01. The summed E-state index contributed by atoms with van der Waals surface area (Å²) in [6.07, 6.45) is 11.0. The van der Waals surface area contributed by atoms with Crippen LogP contribution in [0.15, 0.2) is 107 Å². The maximum absolute atomic E-state index is 14.1. The van der Waals surface area contributed by atoms with E-state index in [1.807, 2.05) is 74.1 Å². The first-order valence-corrected chi connectivity index (χ1v) is 24.8. The minimum atomic E-state index is -0.923. The molecule has 4 atom stereocenters. The van der Waals surface area contributed by atoms with E-state index < -0.39 is 36.2 Å². The number of aryl methyl sites for hydroxylation is 1. The first kappa shape index (κ1) is 51.2. The van der Waals surface area contributed by atoms with Gasteiger partial charge in [-0.1, -0.05) is 45.0 Å². The van der Waals surface area contributed by atoms with E-state index in [1.54, 1.807) is 68.2 Å². The van der Waals surface area contributed by atoms with Crippen molar-refractivity contribution in [2.45, 2.75) is 71.5 Å².